The lowest BCUT2D eigenvalue weighted by molar-refractivity contribution is -0.137. The van der Waals surface area contributed by atoms with Crippen molar-refractivity contribution in [3.05, 3.63) is 83.1 Å². The Hall–Kier alpha value is -7.53. The molecule has 24 heteroatoms. The molecule has 422 valence electrons. The van der Waals surface area contributed by atoms with Crippen molar-refractivity contribution in [3.8, 4) is 17.8 Å². The Morgan fingerprint density at radius 3 is 2.33 bits per heavy atom. The quantitative estimate of drug-likeness (QED) is 0.0184. The number of amides is 8. The largest absolute Gasteiger partial charge is 0.496 e. The van der Waals surface area contributed by atoms with Crippen LogP contribution >= 0.6 is 22.9 Å². The van der Waals surface area contributed by atoms with E-state index in [1.54, 1.807) is 83.6 Å². The van der Waals surface area contributed by atoms with Crippen LogP contribution in [0, 0.1) is 17.2 Å². The van der Waals surface area contributed by atoms with Crippen LogP contribution in [0.25, 0.3) is 11.0 Å². The van der Waals surface area contributed by atoms with Crippen LogP contribution in [-0.2, 0) is 48.4 Å². The lowest BCUT2D eigenvalue weighted by Crippen LogP contribution is -2.56. The first kappa shape index (κ1) is 59.1. The van der Waals surface area contributed by atoms with E-state index in [0.29, 0.717) is 98.7 Å². The van der Waals surface area contributed by atoms with Gasteiger partial charge in [0.1, 0.15) is 42.0 Å². The maximum atomic E-state index is 13.8. The predicted molar refractivity (Wildman–Crippen MR) is 301 cm³/mol. The summed E-state index contributed by atoms with van der Waals surface area (Å²) in [6.45, 7) is 9.19. The van der Waals surface area contributed by atoms with Crippen molar-refractivity contribution in [3.63, 3.8) is 0 Å². The van der Waals surface area contributed by atoms with Crippen LogP contribution in [0.2, 0.25) is 0 Å². The van der Waals surface area contributed by atoms with Gasteiger partial charge >= 0.3 is 18.1 Å². The molecule has 0 radical (unpaired) electrons. The second-order valence-corrected chi connectivity index (χ2v) is 20.9. The molecule has 1 aliphatic carbocycles. The number of carbonyl (C=O) groups excluding carboxylic acids is 7. The number of aromatic nitrogens is 3. The first-order chi connectivity index (χ1) is 38.0. The number of imide groups is 1. The third-order valence-corrected chi connectivity index (χ3v) is 14.7. The summed E-state index contributed by atoms with van der Waals surface area (Å²) >= 11 is 1.71. The summed E-state index contributed by atoms with van der Waals surface area (Å²) in [6.07, 6.45) is 7.97. The molecule has 23 nitrogen and oxygen atoms in total. The molecule has 2 aliphatic heterocycles. The van der Waals surface area contributed by atoms with Gasteiger partial charge in [-0.25, -0.2) is 9.59 Å². The monoisotopic (exact) mass is 1200 g/mol. The molecule has 1 saturated heterocycles. The smallest absolute Gasteiger partial charge is 0.410 e. The molecule has 2 atom stereocenters. The molecule has 2 aromatic heterocycles. The second-order valence-electron chi connectivity index (χ2n) is 20.3. The number of unbranched alkanes of at least 4 members (excludes halogenated alkanes) is 3. The molecule has 8 amide bonds. The highest BCUT2D eigenvalue weighted by molar-refractivity contribution is 14.1. The molecule has 0 bridgehead atoms. The number of nitrogens with one attached hydrogen (secondary N) is 5. The maximum absolute atomic E-state index is 13.8. The average molecular weight is 1200 g/mol. The van der Waals surface area contributed by atoms with Crippen molar-refractivity contribution in [1.82, 2.24) is 48.7 Å². The minimum Gasteiger partial charge on any atom is -0.496 e. The number of carbonyl (C=O) groups is 7. The molecule has 4 heterocycles. The fraction of sp³-hybridized carbons (Fsp3) is 0.491. The Balaban J connectivity index is 0.889. The Kier molecular flexibility index (Phi) is 20.9. The number of anilines is 2. The molecule has 4 aromatic rings. The average Bonchev–Trinajstić information content (AvgIpc) is 4.16. The number of nitrogens with two attached hydrogens (primary N) is 1. The zero-order valence-corrected chi connectivity index (χ0v) is 47.3. The molecular weight excluding hydrogens is 1130 g/mol. The third-order valence-electron chi connectivity index (χ3n) is 14.2. The lowest BCUT2D eigenvalue weighted by Gasteiger charge is -2.41. The van der Waals surface area contributed by atoms with Gasteiger partial charge in [-0.2, -0.15) is 15.2 Å². The minimum atomic E-state index is -1.02. The highest BCUT2D eigenvalue weighted by atomic mass is 127. The third kappa shape index (κ3) is 15.8. The normalized spacial score (nSPS) is 15.4. The van der Waals surface area contributed by atoms with E-state index in [2.05, 4.69) is 58.7 Å². The van der Waals surface area contributed by atoms with Crippen molar-refractivity contribution >= 4 is 87.1 Å². The highest BCUT2D eigenvalue weighted by Gasteiger charge is 2.52. The summed E-state index contributed by atoms with van der Waals surface area (Å²) in [4.78, 5) is 104. The van der Waals surface area contributed by atoms with Gasteiger partial charge in [-0.05, 0) is 86.3 Å². The van der Waals surface area contributed by atoms with Gasteiger partial charge in [-0.3, -0.25) is 37.3 Å². The summed E-state index contributed by atoms with van der Waals surface area (Å²) in [5, 5.41) is 21.8. The predicted octanol–water partition coefficient (Wildman–Crippen LogP) is 5.59. The molecule has 7 rings (SSSR count). The van der Waals surface area contributed by atoms with Crippen LogP contribution < -0.4 is 40.0 Å². The van der Waals surface area contributed by atoms with E-state index in [1.165, 1.54) is 12.2 Å². The summed E-state index contributed by atoms with van der Waals surface area (Å²) in [7, 11) is 1.62. The van der Waals surface area contributed by atoms with Gasteiger partial charge in [-0.15, -0.1) is 0 Å². The van der Waals surface area contributed by atoms with Crippen molar-refractivity contribution in [2.45, 2.75) is 122 Å². The number of fused-ring (bicyclic) bond motifs is 1. The van der Waals surface area contributed by atoms with Gasteiger partial charge in [0.15, 0.2) is 5.65 Å². The van der Waals surface area contributed by atoms with Crippen LogP contribution in [0.15, 0.2) is 60.7 Å². The zero-order valence-electron chi connectivity index (χ0n) is 45.1. The number of nitrogens with zero attached hydrogens (tertiary/aromatic N) is 7. The number of urea groups is 1. The Bertz CT molecular complexity index is 2920. The van der Waals surface area contributed by atoms with Gasteiger partial charge in [0.2, 0.25) is 17.7 Å². The molecule has 1 saturated carbocycles. The van der Waals surface area contributed by atoms with E-state index >= 15 is 0 Å². The molecule has 2 aromatic carbocycles. The van der Waals surface area contributed by atoms with Crippen molar-refractivity contribution in [2.24, 2.45) is 5.92 Å². The van der Waals surface area contributed by atoms with Gasteiger partial charge in [0.25, 0.3) is 11.8 Å². The first-order valence-corrected chi connectivity index (χ1v) is 27.8. The molecule has 2 fully saturated rings. The van der Waals surface area contributed by atoms with E-state index in [1.807, 2.05) is 12.1 Å². The highest BCUT2D eigenvalue weighted by Crippen LogP contribution is 2.45. The summed E-state index contributed by atoms with van der Waals surface area (Å²) in [5.74, 6) is -1.52. The molecule has 7 N–H and O–H groups in total. The zero-order chi connectivity index (χ0) is 56.6. The van der Waals surface area contributed by atoms with E-state index in [0.717, 1.165) is 41.7 Å². The molecule has 79 heavy (non-hydrogen) atoms. The number of nitriles is 1. The fourth-order valence-electron chi connectivity index (χ4n) is 9.58. The number of methoxy groups -OCH3 is 1. The Morgan fingerprint density at radius 1 is 0.899 bits per heavy atom. The minimum absolute atomic E-state index is 0.00639. The van der Waals surface area contributed by atoms with Crippen molar-refractivity contribution in [2.75, 3.05) is 57.5 Å². The van der Waals surface area contributed by atoms with Crippen LogP contribution in [0.4, 0.5) is 21.1 Å². The topological polar surface area (TPSA) is 298 Å². The van der Waals surface area contributed by atoms with Crippen LogP contribution in [-0.4, -0.2) is 135 Å². The molecule has 3 aliphatic rings. The molecule has 1 spiro atoms. The summed E-state index contributed by atoms with van der Waals surface area (Å²) in [5.41, 5.74) is 10.0. The SMILES string of the molecule is CCCCOc1nc(N)c2cc(C#N)n(Cc3ccc(CN4CCN(C(=O)OCc5ccc(NC(=O)[C@H](CCCNC(=O)NI)NC(=O)[C@@H](NC(=O)CCCCCN6C(=O)C=CC6=O)C(C)C)cc5)CC45CC5)cc3OC)c2n1. The van der Waals surface area contributed by atoms with Gasteiger partial charge in [-0.1, -0.05) is 57.9 Å². The molecule has 0 unspecified atom stereocenters. The van der Waals surface area contributed by atoms with Crippen LogP contribution in [0.5, 0.6) is 11.8 Å². The second kappa shape index (κ2) is 27.9. The fourth-order valence-corrected chi connectivity index (χ4v) is 9.77. The lowest BCUT2D eigenvalue weighted by atomic mass is 10.0. The van der Waals surface area contributed by atoms with E-state index in [9.17, 15) is 38.8 Å². The van der Waals surface area contributed by atoms with Gasteiger partial charge in [0.05, 0.1) is 48.5 Å². The summed E-state index contributed by atoms with van der Waals surface area (Å²) in [6, 6.07) is 14.7. The Labute approximate surface area is 473 Å². The number of rotatable bonds is 27. The Morgan fingerprint density at radius 2 is 1.65 bits per heavy atom. The van der Waals surface area contributed by atoms with Crippen LogP contribution in [0.3, 0.4) is 0 Å². The van der Waals surface area contributed by atoms with E-state index in [-0.39, 0.29) is 73.5 Å². The number of hydrogen-bond donors (Lipinski definition) is 6. The number of benzene rings is 2. The summed E-state index contributed by atoms with van der Waals surface area (Å²) < 4.78 is 21.7. The van der Waals surface area contributed by atoms with Crippen LogP contribution in [0.1, 0.15) is 107 Å². The van der Waals surface area contributed by atoms with E-state index < -0.39 is 36.0 Å². The van der Waals surface area contributed by atoms with Gasteiger partial charge in [0, 0.05) is 74.6 Å². The molecular formula is C55H70IN13O10. The number of piperazine rings is 1. The number of halogens is 1. The number of nitrogen functional groups attached to an aromatic ring is 1. The van der Waals surface area contributed by atoms with Gasteiger partial charge < -0.3 is 50.7 Å². The number of hydrogen-bond acceptors (Lipinski definition) is 15. The number of ether oxygens (including phenoxy) is 3. The maximum Gasteiger partial charge on any atom is 0.410 e. The van der Waals surface area contributed by atoms with E-state index in [4.69, 9.17) is 19.9 Å². The van der Waals surface area contributed by atoms with Crippen molar-refractivity contribution < 1.29 is 47.8 Å². The first-order valence-electron chi connectivity index (χ1n) is 26.7. The standard InChI is InChI=1S/C55H70IN13O10/c1-5-6-27-78-53-63-48(58)41-29-40(30-57)69(49(41)64-53)32-38-16-13-37(28-43(38)77-4)31-67-26-25-66(34-55(67)21-22-55)54(76)79-33-36-14-17-39(18-15-36)60-50(73)42(11-10-23-59-52(75)65-56)61-51(74)47(35(2)3)62-44(70)12-8-7-9-24-68-45(71)19-20-46(68)72/h13-20,28-29,35,42,47H,5-12,21-27,31-34H2,1-4H3,(H,60,73)(H,61,74)(H,62,70)(H2,58,63,64)(H2,59,65,75)/t42-,47-/m0/s1. The van der Waals surface area contributed by atoms with Crippen molar-refractivity contribution in [1.29, 1.82) is 5.26 Å².